The van der Waals surface area contributed by atoms with Gasteiger partial charge in [-0.1, -0.05) is 0 Å². The zero-order valence-corrected chi connectivity index (χ0v) is 20.8. The Bertz CT molecular complexity index is 975. The van der Waals surface area contributed by atoms with Crippen LogP contribution in [0, 0.1) is 5.92 Å². The Morgan fingerprint density at radius 3 is 2.05 bits per heavy atom. The van der Waals surface area contributed by atoms with Crippen LogP contribution in [0.2, 0.25) is 0 Å². The Kier molecular flexibility index (Phi) is 9.52. The first-order valence-electron chi connectivity index (χ1n) is 12.3. The van der Waals surface area contributed by atoms with Crippen molar-refractivity contribution in [3.8, 4) is 0 Å². The summed E-state index contributed by atoms with van der Waals surface area (Å²) in [5.74, 6) is -4.80. The Morgan fingerprint density at radius 1 is 0.892 bits per heavy atom. The number of hydrogen-bond acceptors (Lipinski definition) is 8. The number of rotatable bonds is 7. The normalized spacial score (nSPS) is 21.3. The quantitative estimate of drug-likeness (QED) is 0.393. The first-order valence-corrected chi connectivity index (χ1v) is 12.3. The third-order valence-corrected chi connectivity index (χ3v) is 6.51. The highest BCUT2D eigenvalue weighted by Gasteiger charge is 2.48. The van der Waals surface area contributed by atoms with Gasteiger partial charge in [0.05, 0.1) is 18.8 Å². The van der Waals surface area contributed by atoms with E-state index in [0.717, 1.165) is 0 Å². The molecule has 0 radical (unpaired) electrons. The predicted octanol–water partition coefficient (Wildman–Crippen LogP) is 3.17. The third-order valence-electron chi connectivity index (χ3n) is 6.51. The van der Waals surface area contributed by atoms with Crippen molar-refractivity contribution in [2.24, 2.45) is 5.92 Å². The number of piperidine rings is 2. The summed E-state index contributed by atoms with van der Waals surface area (Å²) in [6, 6.07) is 5.82. The monoisotopic (exact) mass is 528 g/mol. The van der Waals surface area contributed by atoms with Crippen LogP contribution < -0.4 is 0 Å². The van der Waals surface area contributed by atoms with Gasteiger partial charge in [-0.05, 0) is 63.8 Å². The van der Waals surface area contributed by atoms with Crippen molar-refractivity contribution in [2.75, 3.05) is 32.8 Å². The molecule has 0 bridgehead atoms. The summed E-state index contributed by atoms with van der Waals surface area (Å²) in [6.07, 6.45) is -4.99. The average Bonchev–Trinajstić information content (AvgIpc) is 2.88. The van der Waals surface area contributed by atoms with Gasteiger partial charge in [-0.3, -0.25) is 14.5 Å². The van der Waals surface area contributed by atoms with E-state index < -0.39 is 36.2 Å². The molecular formula is C25H31F3N2O7. The summed E-state index contributed by atoms with van der Waals surface area (Å²) < 4.78 is 53.7. The van der Waals surface area contributed by atoms with E-state index in [0.29, 0.717) is 50.0 Å². The molecule has 2 aliphatic rings. The lowest BCUT2D eigenvalue weighted by Gasteiger charge is -2.46. The Hall–Kier alpha value is -3.15. The van der Waals surface area contributed by atoms with Crippen molar-refractivity contribution >= 4 is 23.8 Å². The summed E-state index contributed by atoms with van der Waals surface area (Å²) in [5, 5.41) is 0. The van der Waals surface area contributed by atoms with E-state index >= 15 is 0 Å². The molecule has 1 aromatic rings. The van der Waals surface area contributed by atoms with Gasteiger partial charge in [-0.15, -0.1) is 0 Å². The number of likely N-dealkylation sites (tertiary alicyclic amines) is 2. The summed E-state index contributed by atoms with van der Waals surface area (Å²) >= 11 is 0. The number of hydrogen-bond donors (Lipinski definition) is 0. The van der Waals surface area contributed by atoms with E-state index in [-0.39, 0.29) is 31.6 Å². The maximum Gasteiger partial charge on any atom is 0.490 e. The van der Waals surface area contributed by atoms with E-state index in [4.69, 9.17) is 14.2 Å². The van der Waals surface area contributed by atoms with Crippen molar-refractivity contribution < 1.29 is 46.6 Å². The number of carbonyl (C=O) groups excluding carboxylic acids is 4. The maximum atomic E-state index is 13.0. The zero-order chi connectivity index (χ0) is 27.2. The zero-order valence-electron chi connectivity index (χ0n) is 20.8. The third kappa shape index (κ3) is 7.00. The minimum absolute atomic E-state index is 0.0521. The molecule has 2 atom stereocenters. The van der Waals surface area contributed by atoms with Crippen molar-refractivity contribution in [2.45, 2.75) is 58.0 Å². The van der Waals surface area contributed by atoms with Gasteiger partial charge >= 0.3 is 24.1 Å². The Labute approximate surface area is 212 Å². The molecule has 0 N–H and O–H groups in total. The molecule has 2 saturated heterocycles. The average molecular weight is 529 g/mol. The van der Waals surface area contributed by atoms with Gasteiger partial charge < -0.3 is 19.1 Å². The summed E-state index contributed by atoms with van der Waals surface area (Å²) in [6.45, 7) is 4.57. The Balaban J connectivity index is 1.68. The summed E-state index contributed by atoms with van der Waals surface area (Å²) in [7, 11) is 0. The van der Waals surface area contributed by atoms with E-state index in [1.54, 1.807) is 35.8 Å². The van der Waals surface area contributed by atoms with Crippen LogP contribution in [0.1, 0.15) is 60.2 Å². The SMILES string of the molecule is CCOC(=O)c1ccc(C(=O)N2CCC(N3CCCC(C(=O)OCC)C3OC(=O)C(F)(F)F)CC2)cc1. The minimum atomic E-state index is -5.19. The van der Waals surface area contributed by atoms with Crippen LogP contribution in [0.5, 0.6) is 0 Å². The highest BCUT2D eigenvalue weighted by atomic mass is 19.4. The van der Waals surface area contributed by atoms with Gasteiger partial charge in [0.2, 0.25) is 0 Å². The lowest BCUT2D eigenvalue weighted by Crippen LogP contribution is -2.57. The van der Waals surface area contributed by atoms with Crippen molar-refractivity contribution in [3.05, 3.63) is 35.4 Å². The molecule has 1 aromatic carbocycles. The summed E-state index contributed by atoms with van der Waals surface area (Å²) in [5.41, 5.74) is 0.724. The molecule has 204 valence electrons. The number of amides is 1. The van der Waals surface area contributed by atoms with E-state index in [1.165, 1.54) is 12.1 Å². The van der Waals surface area contributed by atoms with Crippen LogP contribution in [-0.2, 0) is 23.8 Å². The fraction of sp³-hybridized carbons (Fsp3) is 0.600. The van der Waals surface area contributed by atoms with Crippen molar-refractivity contribution in [1.82, 2.24) is 9.80 Å². The standard InChI is InChI=1S/C25H31F3N2O7/c1-3-35-22(32)17-9-7-16(8-10-17)20(31)29-14-11-18(12-15-29)30-13-5-6-19(23(33)36-4-2)21(30)37-24(34)25(26,27)28/h7-10,18-19,21H,3-6,11-15H2,1-2H3. The smallest absolute Gasteiger partial charge is 0.466 e. The Morgan fingerprint density at radius 2 is 1.49 bits per heavy atom. The molecule has 2 fully saturated rings. The molecule has 37 heavy (non-hydrogen) atoms. The molecule has 2 aliphatic heterocycles. The molecule has 0 spiro atoms. The molecule has 0 aromatic heterocycles. The van der Waals surface area contributed by atoms with E-state index in [9.17, 15) is 32.3 Å². The molecule has 9 nitrogen and oxygen atoms in total. The van der Waals surface area contributed by atoms with Crippen molar-refractivity contribution in [1.29, 1.82) is 0 Å². The van der Waals surface area contributed by atoms with E-state index in [2.05, 4.69) is 0 Å². The number of carbonyl (C=O) groups is 4. The van der Waals surface area contributed by atoms with Gasteiger partial charge in [0.15, 0.2) is 6.23 Å². The second kappa shape index (κ2) is 12.4. The van der Waals surface area contributed by atoms with Crippen LogP contribution in [0.4, 0.5) is 13.2 Å². The largest absolute Gasteiger partial charge is 0.490 e. The lowest BCUT2D eigenvalue weighted by molar-refractivity contribution is -0.224. The highest BCUT2D eigenvalue weighted by Crippen LogP contribution is 2.33. The summed E-state index contributed by atoms with van der Waals surface area (Å²) in [4.78, 5) is 52.2. The molecule has 2 heterocycles. The molecule has 2 unspecified atom stereocenters. The van der Waals surface area contributed by atoms with Gasteiger partial charge in [0.1, 0.15) is 5.92 Å². The second-order valence-corrected chi connectivity index (χ2v) is 8.85. The van der Waals surface area contributed by atoms with Crippen molar-refractivity contribution in [3.63, 3.8) is 0 Å². The number of alkyl halides is 3. The fourth-order valence-corrected chi connectivity index (χ4v) is 4.74. The fourth-order valence-electron chi connectivity index (χ4n) is 4.74. The topological polar surface area (TPSA) is 102 Å². The number of benzene rings is 1. The molecule has 0 aliphatic carbocycles. The lowest BCUT2D eigenvalue weighted by atomic mass is 9.91. The van der Waals surface area contributed by atoms with Crippen LogP contribution in [0.3, 0.4) is 0 Å². The highest BCUT2D eigenvalue weighted by molar-refractivity contribution is 5.96. The molecule has 1 amide bonds. The van der Waals surface area contributed by atoms with Crippen LogP contribution in [-0.4, -0.2) is 84.9 Å². The van der Waals surface area contributed by atoms with Crippen LogP contribution in [0.15, 0.2) is 24.3 Å². The molecule has 12 heteroatoms. The molecule has 0 saturated carbocycles. The van der Waals surface area contributed by atoms with Gasteiger partial charge in [-0.25, -0.2) is 9.59 Å². The maximum absolute atomic E-state index is 13.0. The second-order valence-electron chi connectivity index (χ2n) is 8.85. The first-order chi connectivity index (χ1) is 17.6. The molecule has 3 rings (SSSR count). The number of nitrogens with zero attached hydrogens (tertiary/aromatic N) is 2. The minimum Gasteiger partial charge on any atom is -0.466 e. The van der Waals surface area contributed by atoms with Gasteiger partial charge in [-0.2, -0.15) is 13.2 Å². The molecular weight excluding hydrogens is 497 g/mol. The predicted molar refractivity (Wildman–Crippen MR) is 123 cm³/mol. The number of esters is 3. The first kappa shape index (κ1) is 28.4. The van der Waals surface area contributed by atoms with Gasteiger partial charge in [0, 0.05) is 31.2 Å². The number of ether oxygens (including phenoxy) is 3. The van der Waals surface area contributed by atoms with Crippen LogP contribution >= 0.6 is 0 Å². The van der Waals surface area contributed by atoms with Crippen LogP contribution in [0.25, 0.3) is 0 Å². The van der Waals surface area contributed by atoms with E-state index in [1.807, 2.05) is 0 Å². The van der Waals surface area contributed by atoms with Gasteiger partial charge in [0.25, 0.3) is 5.91 Å². The number of halogens is 3.